The summed E-state index contributed by atoms with van der Waals surface area (Å²) in [6, 6.07) is 5.75. The van der Waals surface area contributed by atoms with Gasteiger partial charge < -0.3 is 14.6 Å². The molecule has 0 atom stereocenters. The normalized spacial score (nSPS) is 13.7. The number of halogens is 1. The van der Waals surface area contributed by atoms with E-state index in [1.54, 1.807) is 0 Å². The van der Waals surface area contributed by atoms with E-state index < -0.39 is 0 Å². The van der Waals surface area contributed by atoms with Crippen molar-refractivity contribution in [3.63, 3.8) is 0 Å². The van der Waals surface area contributed by atoms with Gasteiger partial charge in [0.05, 0.1) is 11.5 Å². The molecular formula is C12H10BrNO3S. The molecule has 0 bridgehead atoms. The topological polar surface area (TPSA) is 51.6 Å². The van der Waals surface area contributed by atoms with Crippen LogP contribution < -0.4 is 9.47 Å². The predicted molar refractivity (Wildman–Crippen MR) is 72.2 cm³/mol. The van der Waals surface area contributed by atoms with Crippen LogP contribution in [0.5, 0.6) is 11.5 Å². The van der Waals surface area contributed by atoms with Crippen molar-refractivity contribution in [2.45, 2.75) is 6.61 Å². The Bertz CT molecular complexity index is 585. The quantitative estimate of drug-likeness (QED) is 0.921. The number of aromatic nitrogens is 1. The van der Waals surface area contributed by atoms with Gasteiger partial charge in [-0.25, -0.2) is 4.98 Å². The fraction of sp³-hybridized carbons (Fsp3) is 0.250. The van der Waals surface area contributed by atoms with Gasteiger partial charge in [0.15, 0.2) is 11.5 Å². The lowest BCUT2D eigenvalue weighted by molar-refractivity contribution is 0.171. The summed E-state index contributed by atoms with van der Waals surface area (Å²) in [5.41, 5.74) is 0.963. The maximum absolute atomic E-state index is 9.17. The van der Waals surface area contributed by atoms with Crippen molar-refractivity contribution < 1.29 is 14.6 Å². The van der Waals surface area contributed by atoms with Crippen molar-refractivity contribution in [3.8, 4) is 22.1 Å². The summed E-state index contributed by atoms with van der Waals surface area (Å²) in [6.45, 7) is 1.15. The van der Waals surface area contributed by atoms with Crippen molar-refractivity contribution in [2.75, 3.05) is 13.2 Å². The van der Waals surface area contributed by atoms with Gasteiger partial charge in [-0.15, -0.1) is 11.3 Å². The highest BCUT2D eigenvalue weighted by atomic mass is 79.9. The number of fused-ring (bicyclic) bond motifs is 1. The third kappa shape index (κ3) is 2.11. The van der Waals surface area contributed by atoms with Gasteiger partial charge in [0.1, 0.15) is 22.8 Å². The second kappa shape index (κ2) is 4.87. The molecule has 0 spiro atoms. The molecule has 1 aromatic heterocycles. The smallest absolute Gasteiger partial charge is 0.162 e. The van der Waals surface area contributed by atoms with E-state index in [1.807, 2.05) is 18.2 Å². The molecule has 0 unspecified atom stereocenters. The van der Waals surface area contributed by atoms with Crippen LogP contribution in [0.4, 0.5) is 0 Å². The number of ether oxygens (including phenoxy) is 2. The first kappa shape index (κ1) is 12.0. The summed E-state index contributed by atoms with van der Waals surface area (Å²) in [6.07, 6.45) is 0. The standard InChI is InChI=1S/C12H10BrNO3S/c13-11-10(6-15)18-12(14-11)7-1-2-8-9(5-7)17-4-3-16-8/h1-2,5,15H,3-4,6H2. The summed E-state index contributed by atoms with van der Waals surface area (Å²) >= 11 is 4.79. The van der Waals surface area contributed by atoms with E-state index in [1.165, 1.54) is 11.3 Å². The summed E-state index contributed by atoms with van der Waals surface area (Å²) in [4.78, 5) is 5.20. The maximum atomic E-state index is 9.17. The van der Waals surface area contributed by atoms with Gasteiger partial charge in [0, 0.05) is 5.56 Å². The first-order valence-corrected chi connectivity index (χ1v) is 7.05. The van der Waals surface area contributed by atoms with Gasteiger partial charge in [-0.1, -0.05) is 0 Å². The second-order valence-corrected chi connectivity index (χ2v) is 5.58. The molecule has 0 amide bonds. The number of benzene rings is 1. The van der Waals surface area contributed by atoms with Crippen LogP contribution in [-0.2, 0) is 6.61 Å². The molecule has 0 saturated heterocycles. The zero-order chi connectivity index (χ0) is 12.5. The third-order valence-electron chi connectivity index (χ3n) is 2.58. The van der Waals surface area contributed by atoms with Crippen molar-refractivity contribution in [2.24, 2.45) is 0 Å². The van der Waals surface area contributed by atoms with Gasteiger partial charge in [-0.2, -0.15) is 0 Å². The van der Waals surface area contributed by atoms with Gasteiger partial charge >= 0.3 is 0 Å². The van der Waals surface area contributed by atoms with Gasteiger partial charge in [0.25, 0.3) is 0 Å². The van der Waals surface area contributed by atoms with E-state index in [9.17, 15) is 0 Å². The lowest BCUT2D eigenvalue weighted by Gasteiger charge is -2.18. The minimum absolute atomic E-state index is 0.0111. The van der Waals surface area contributed by atoms with Gasteiger partial charge in [-0.05, 0) is 34.1 Å². The first-order chi connectivity index (χ1) is 8.78. The molecule has 3 rings (SSSR count). The fourth-order valence-electron chi connectivity index (χ4n) is 1.73. The molecule has 2 heterocycles. The minimum Gasteiger partial charge on any atom is -0.486 e. The number of hydrogen-bond donors (Lipinski definition) is 1. The molecule has 6 heteroatoms. The van der Waals surface area contributed by atoms with E-state index in [0.717, 1.165) is 26.9 Å². The fourth-order valence-corrected chi connectivity index (χ4v) is 3.20. The van der Waals surface area contributed by atoms with Crippen LogP contribution in [0.2, 0.25) is 0 Å². The van der Waals surface area contributed by atoms with Crippen molar-refractivity contribution >= 4 is 27.3 Å². The Balaban J connectivity index is 2.00. The largest absolute Gasteiger partial charge is 0.486 e. The Hall–Kier alpha value is -1.11. The minimum atomic E-state index is -0.0111. The molecule has 0 aliphatic carbocycles. The molecule has 0 fully saturated rings. The Morgan fingerprint density at radius 3 is 2.78 bits per heavy atom. The van der Waals surface area contributed by atoms with E-state index in [0.29, 0.717) is 17.8 Å². The maximum Gasteiger partial charge on any atom is 0.162 e. The first-order valence-electron chi connectivity index (χ1n) is 5.44. The van der Waals surface area contributed by atoms with Crippen LogP contribution in [0.25, 0.3) is 10.6 Å². The summed E-state index contributed by atoms with van der Waals surface area (Å²) < 4.78 is 11.7. The Morgan fingerprint density at radius 1 is 1.28 bits per heavy atom. The number of rotatable bonds is 2. The van der Waals surface area contributed by atoms with E-state index in [2.05, 4.69) is 20.9 Å². The Kier molecular flexibility index (Phi) is 3.23. The average Bonchev–Trinajstić information content (AvgIpc) is 2.79. The molecule has 0 saturated carbocycles. The Labute approximate surface area is 116 Å². The van der Waals surface area contributed by atoms with Crippen molar-refractivity contribution in [1.82, 2.24) is 4.98 Å². The van der Waals surface area contributed by atoms with Crippen molar-refractivity contribution in [3.05, 3.63) is 27.7 Å². The highest BCUT2D eigenvalue weighted by Crippen LogP contribution is 2.37. The lowest BCUT2D eigenvalue weighted by Crippen LogP contribution is -2.15. The highest BCUT2D eigenvalue weighted by Gasteiger charge is 2.15. The van der Waals surface area contributed by atoms with E-state index in [4.69, 9.17) is 14.6 Å². The van der Waals surface area contributed by atoms with Crippen LogP contribution in [0.15, 0.2) is 22.8 Å². The van der Waals surface area contributed by atoms with Crippen LogP contribution in [0.3, 0.4) is 0 Å². The number of aliphatic hydroxyl groups excluding tert-OH is 1. The molecule has 1 aliphatic rings. The van der Waals surface area contributed by atoms with Crippen LogP contribution in [0.1, 0.15) is 4.88 Å². The molecule has 94 valence electrons. The molecule has 1 aromatic carbocycles. The van der Waals surface area contributed by atoms with Gasteiger partial charge in [0.2, 0.25) is 0 Å². The number of hydrogen-bond acceptors (Lipinski definition) is 5. The third-order valence-corrected chi connectivity index (χ3v) is 4.59. The average molecular weight is 328 g/mol. The summed E-state index contributed by atoms with van der Waals surface area (Å²) in [5, 5.41) is 10.0. The van der Waals surface area contributed by atoms with E-state index >= 15 is 0 Å². The molecule has 1 aliphatic heterocycles. The molecule has 1 N–H and O–H groups in total. The zero-order valence-electron chi connectivity index (χ0n) is 9.35. The second-order valence-electron chi connectivity index (χ2n) is 3.75. The molecule has 4 nitrogen and oxygen atoms in total. The number of thiazole rings is 1. The molecular weight excluding hydrogens is 318 g/mol. The monoisotopic (exact) mass is 327 g/mol. The highest BCUT2D eigenvalue weighted by molar-refractivity contribution is 9.10. The lowest BCUT2D eigenvalue weighted by atomic mass is 10.2. The molecule has 18 heavy (non-hydrogen) atoms. The number of nitrogens with zero attached hydrogens (tertiary/aromatic N) is 1. The number of aliphatic hydroxyl groups is 1. The van der Waals surface area contributed by atoms with Crippen LogP contribution >= 0.6 is 27.3 Å². The van der Waals surface area contributed by atoms with E-state index in [-0.39, 0.29) is 6.61 Å². The summed E-state index contributed by atoms with van der Waals surface area (Å²) in [7, 11) is 0. The predicted octanol–water partition coefficient (Wildman–Crippen LogP) is 2.84. The van der Waals surface area contributed by atoms with Gasteiger partial charge in [-0.3, -0.25) is 0 Å². The zero-order valence-corrected chi connectivity index (χ0v) is 11.8. The summed E-state index contributed by atoms with van der Waals surface area (Å²) in [5.74, 6) is 1.51. The van der Waals surface area contributed by atoms with Crippen LogP contribution in [-0.4, -0.2) is 23.3 Å². The molecule has 2 aromatic rings. The SMILES string of the molecule is OCc1sc(-c2ccc3c(c2)OCCO3)nc1Br. The Morgan fingerprint density at radius 2 is 2.06 bits per heavy atom. The van der Waals surface area contributed by atoms with Crippen molar-refractivity contribution in [1.29, 1.82) is 0 Å². The van der Waals surface area contributed by atoms with Crippen LogP contribution in [0, 0.1) is 0 Å². The molecule has 0 radical (unpaired) electrons.